The van der Waals surface area contributed by atoms with E-state index in [1.165, 1.54) is 51.0 Å². The van der Waals surface area contributed by atoms with Crippen LogP contribution in [0.25, 0.3) is 11.4 Å². The largest absolute Gasteiger partial charge is 0.490 e. The van der Waals surface area contributed by atoms with Crippen molar-refractivity contribution in [3.05, 3.63) is 42.0 Å². The minimum absolute atomic E-state index is 0.329. The number of hydrogen-bond acceptors (Lipinski definition) is 3. The van der Waals surface area contributed by atoms with Crippen LogP contribution in [0, 0.1) is 11.7 Å². The summed E-state index contributed by atoms with van der Waals surface area (Å²) in [6.45, 7) is 2.80. The molecule has 0 aliphatic heterocycles. The van der Waals surface area contributed by atoms with Crippen LogP contribution in [-0.2, 0) is 6.42 Å². The molecule has 1 aliphatic carbocycles. The lowest BCUT2D eigenvalue weighted by molar-refractivity contribution is 0.202. The zero-order valence-electron chi connectivity index (χ0n) is 15.7. The van der Waals surface area contributed by atoms with Crippen molar-refractivity contribution >= 4 is 0 Å². The second-order valence-corrected chi connectivity index (χ2v) is 7.33. The molecule has 4 heteroatoms. The van der Waals surface area contributed by atoms with Gasteiger partial charge in [-0.15, -0.1) is 0 Å². The highest BCUT2D eigenvalue weighted by Gasteiger charge is 2.15. The highest BCUT2D eigenvalue weighted by molar-refractivity contribution is 5.56. The summed E-state index contributed by atoms with van der Waals surface area (Å²) < 4.78 is 20.1. The topological polar surface area (TPSA) is 35.0 Å². The van der Waals surface area contributed by atoms with Gasteiger partial charge in [-0.2, -0.15) is 0 Å². The maximum Gasteiger partial charge on any atom is 0.165 e. The van der Waals surface area contributed by atoms with Gasteiger partial charge >= 0.3 is 0 Å². The lowest BCUT2D eigenvalue weighted by Crippen LogP contribution is -2.15. The molecule has 0 N–H and O–H groups in total. The van der Waals surface area contributed by atoms with E-state index in [4.69, 9.17) is 4.74 Å². The van der Waals surface area contributed by atoms with Crippen molar-refractivity contribution < 1.29 is 9.13 Å². The quantitative estimate of drug-likeness (QED) is 0.546. The van der Waals surface area contributed by atoms with E-state index in [1.807, 2.05) is 18.5 Å². The van der Waals surface area contributed by atoms with Crippen LogP contribution in [-0.4, -0.2) is 16.6 Å². The molecular formula is C22H29FN2O. The van der Waals surface area contributed by atoms with Gasteiger partial charge in [0.15, 0.2) is 17.4 Å². The maximum absolute atomic E-state index is 14.4. The molecule has 0 amide bonds. The Bertz CT molecular complexity index is 681. The first-order chi connectivity index (χ1) is 12.8. The molecule has 1 saturated carbocycles. The molecule has 1 aromatic heterocycles. The van der Waals surface area contributed by atoms with Crippen molar-refractivity contribution in [1.29, 1.82) is 0 Å². The van der Waals surface area contributed by atoms with E-state index >= 15 is 0 Å². The van der Waals surface area contributed by atoms with Gasteiger partial charge in [0.25, 0.3) is 0 Å². The van der Waals surface area contributed by atoms with Crippen molar-refractivity contribution in [2.75, 3.05) is 6.61 Å². The number of nitrogens with zero attached hydrogens (tertiary/aromatic N) is 2. The molecule has 1 aliphatic rings. The first kappa shape index (κ1) is 18.8. The van der Waals surface area contributed by atoms with Crippen LogP contribution in [0.3, 0.4) is 0 Å². The normalized spacial score (nSPS) is 15.2. The fourth-order valence-electron chi connectivity index (χ4n) is 3.53. The van der Waals surface area contributed by atoms with Gasteiger partial charge in [0, 0.05) is 18.0 Å². The minimum Gasteiger partial charge on any atom is -0.490 e. The minimum atomic E-state index is -0.339. The van der Waals surface area contributed by atoms with Gasteiger partial charge < -0.3 is 4.74 Å². The van der Waals surface area contributed by atoms with E-state index in [9.17, 15) is 4.39 Å². The standard InChI is InChI=1S/C22H29FN2O/c1-2-3-5-10-18-14-24-22(25-15-18)19-11-12-21(20(23)13-19)26-16-17-8-6-4-7-9-17/h11-15,17H,2-10,16H2,1H3. The number of unbranched alkanes of at least 4 members (excludes halogenated alkanes) is 2. The Morgan fingerprint density at radius 2 is 1.85 bits per heavy atom. The number of benzene rings is 1. The van der Waals surface area contributed by atoms with Crippen LogP contribution < -0.4 is 4.74 Å². The van der Waals surface area contributed by atoms with Gasteiger partial charge in [0.1, 0.15) is 0 Å². The molecule has 0 saturated heterocycles. The molecule has 0 radical (unpaired) electrons. The highest BCUT2D eigenvalue weighted by Crippen LogP contribution is 2.27. The Kier molecular flexibility index (Phi) is 6.98. The number of ether oxygens (including phenoxy) is 1. The second-order valence-electron chi connectivity index (χ2n) is 7.33. The molecule has 3 rings (SSSR count). The SMILES string of the molecule is CCCCCc1cnc(-c2ccc(OCC3CCCCC3)c(F)c2)nc1. The zero-order chi connectivity index (χ0) is 18.2. The smallest absolute Gasteiger partial charge is 0.165 e. The van der Waals surface area contributed by atoms with Crippen molar-refractivity contribution in [2.24, 2.45) is 5.92 Å². The molecule has 1 aromatic carbocycles. The predicted molar refractivity (Wildman–Crippen MR) is 103 cm³/mol. The lowest BCUT2D eigenvalue weighted by atomic mass is 9.90. The molecule has 1 heterocycles. The molecular weight excluding hydrogens is 327 g/mol. The van der Waals surface area contributed by atoms with Crippen LogP contribution in [0.4, 0.5) is 4.39 Å². The average molecular weight is 356 g/mol. The third-order valence-corrected chi connectivity index (χ3v) is 5.16. The van der Waals surface area contributed by atoms with Crippen LogP contribution in [0.5, 0.6) is 5.75 Å². The summed E-state index contributed by atoms with van der Waals surface area (Å²) in [5.74, 6) is 1.11. The first-order valence-electron chi connectivity index (χ1n) is 10.00. The Labute approximate surface area is 156 Å². The van der Waals surface area contributed by atoms with Gasteiger partial charge in [-0.05, 0) is 55.4 Å². The summed E-state index contributed by atoms with van der Waals surface area (Å²) in [7, 11) is 0. The Morgan fingerprint density at radius 3 is 2.54 bits per heavy atom. The summed E-state index contributed by atoms with van der Waals surface area (Å²) in [6.07, 6.45) is 14.5. The summed E-state index contributed by atoms with van der Waals surface area (Å²) >= 11 is 0. The summed E-state index contributed by atoms with van der Waals surface area (Å²) in [5, 5.41) is 0. The fraction of sp³-hybridized carbons (Fsp3) is 0.545. The van der Waals surface area contributed by atoms with Crippen molar-refractivity contribution in [2.45, 2.75) is 64.7 Å². The van der Waals surface area contributed by atoms with E-state index in [1.54, 1.807) is 6.07 Å². The molecule has 2 aromatic rings. The highest BCUT2D eigenvalue weighted by atomic mass is 19.1. The number of aryl methyl sites for hydroxylation is 1. The van der Waals surface area contributed by atoms with Gasteiger partial charge in [0.05, 0.1) is 6.61 Å². The predicted octanol–water partition coefficient (Wildman–Crippen LogP) is 5.97. The maximum atomic E-state index is 14.4. The number of hydrogen-bond donors (Lipinski definition) is 0. The number of aromatic nitrogens is 2. The van der Waals surface area contributed by atoms with Gasteiger partial charge in [-0.1, -0.05) is 39.0 Å². The zero-order valence-corrected chi connectivity index (χ0v) is 15.7. The molecule has 0 spiro atoms. The van der Waals surface area contributed by atoms with Crippen molar-refractivity contribution in [3.63, 3.8) is 0 Å². The van der Waals surface area contributed by atoms with Crippen molar-refractivity contribution in [3.8, 4) is 17.1 Å². The molecule has 3 nitrogen and oxygen atoms in total. The van der Waals surface area contributed by atoms with E-state index in [0.29, 0.717) is 29.7 Å². The third-order valence-electron chi connectivity index (χ3n) is 5.16. The third kappa shape index (κ3) is 5.26. The van der Waals surface area contributed by atoms with Crippen LogP contribution in [0.15, 0.2) is 30.6 Å². The van der Waals surface area contributed by atoms with E-state index in [-0.39, 0.29) is 5.82 Å². The average Bonchev–Trinajstić information content (AvgIpc) is 2.68. The van der Waals surface area contributed by atoms with Gasteiger partial charge in [0.2, 0.25) is 0 Å². The molecule has 0 atom stereocenters. The van der Waals surface area contributed by atoms with Gasteiger partial charge in [-0.3, -0.25) is 0 Å². The van der Waals surface area contributed by atoms with Gasteiger partial charge in [-0.25, -0.2) is 14.4 Å². The lowest BCUT2D eigenvalue weighted by Gasteiger charge is -2.21. The van der Waals surface area contributed by atoms with E-state index < -0.39 is 0 Å². The Morgan fingerprint density at radius 1 is 1.08 bits per heavy atom. The van der Waals surface area contributed by atoms with E-state index in [0.717, 1.165) is 18.4 Å². The van der Waals surface area contributed by atoms with Crippen molar-refractivity contribution in [1.82, 2.24) is 9.97 Å². The Hall–Kier alpha value is -1.97. The second kappa shape index (κ2) is 9.65. The first-order valence-corrected chi connectivity index (χ1v) is 10.00. The van der Waals surface area contributed by atoms with Crippen LogP contribution in [0.1, 0.15) is 63.9 Å². The monoisotopic (exact) mass is 356 g/mol. The fourth-order valence-corrected chi connectivity index (χ4v) is 3.53. The summed E-state index contributed by atoms with van der Waals surface area (Å²) in [5.41, 5.74) is 1.82. The van der Waals surface area contributed by atoms with E-state index in [2.05, 4.69) is 16.9 Å². The number of halogens is 1. The van der Waals surface area contributed by atoms with Crippen LogP contribution in [0.2, 0.25) is 0 Å². The molecule has 0 unspecified atom stereocenters. The molecule has 1 fully saturated rings. The Balaban J connectivity index is 1.59. The summed E-state index contributed by atoms with van der Waals surface area (Å²) in [6, 6.07) is 5.01. The summed E-state index contributed by atoms with van der Waals surface area (Å²) in [4.78, 5) is 8.80. The molecule has 0 bridgehead atoms. The molecule has 26 heavy (non-hydrogen) atoms. The van der Waals surface area contributed by atoms with Crippen LogP contribution >= 0.6 is 0 Å². The number of rotatable bonds is 8. The molecule has 140 valence electrons.